The van der Waals surface area contributed by atoms with Crippen molar-refractivity contribution in [3.05, 3.63) is 72.2 Å². The Morgan fingerprint density at radius 1 is 1.14 bits per heavy atom. The molecule has 5 heteroatoms. The summed E-state index contributed by atoms with van der Waals surface area (Å²) in [7, 11) is 0. The summed E-state index contributed by atoms with van der Waals surface area (Å²) in [5.74, 6) is -1.32. The number of carbonyl (C=O) groups is 2. The summed E-state index contributed by atoms with van der Waals surface area (Å²) in [6.45, 7) is 3.79. The topological polar surface area (TPSA) is 82.1 Å². The van der Waals surface area contributed by atoms with E-state index in [4.69, 9.17) is 0 Å². The number of aromatic nitrogens is 1. The highest BCUT2D eigenvalue weighted by molar-refractivity contribution is 5.97. The van der Waals surface area contributed by atoms with Crippen molar-refractivity contribution in [2.24, 2.45) is 0 Å². The third-order valence-corrected chi connectivity index (χ3v) is 2.80. The summed E-state index contributed by atoms with van der Waals surface area (Å²) in [4.78, 5) is 26.5. The van der Waals surface area contributed by atoms with Gasteiger partial charge in [0.1, 0.15) is 0 Å². The third-order valence-electron chi connectivity index (χ3n) is 2.80. The minimum atomic E-state index is -1.23. The number of nitrogens with zero attached hydrogens (tertiary/aromatic N) is 1. The number of ketones is 1. The van der Waals surface area contributed by atoms with E-state index in [0.29, 0.717) is 16.9 Å². The molecule has 0 bridgehead atoms. The molecule has 0 aliphatic rings. The number of rotatable bonds is 6. The number of carboxylic acid groups (broad SMARTS) is 1. The smallest absolute Gasteiger partial charge is 0.170 e. The van der Waals surface area contributed by atoms with Gasteiger partial charge < -0.3 is 15.2 Å². The van der Waals surface area contributed by atoms with Gasteiger partial charge in [0, 0.05) is 29.3 Å². The Balaban J connectivity index is 1.95. The Morgan fingerprint density at radius 2 is 1.86 bits per heavy atom. The van der Waals surface area contributed by atoms with Crippen molar-refractivity contribution in [2.45, 2.75) is 6.42 Å². The highest BCUT2D eigenvalue weighted by atomic mass is 16.4. The van der Waals surface area contributed by atoms with Crippen LogP contribution in [0.25, 0.3) is 0 Å². The summed E-state index contributed by atoms with van der Waals surface area (Å²) >= 11 is 0. The molecule has 0 saturated heterocycles. The van der Waals surface area contributed by atoms with E-state index in [2.05, 4.69) is 16.9 Å². The van der Waals surface area contributed by atoms with E-state index in [1.54, 1.807) is 30.5 Å². The maximum atomic E-state index is 12.0. The zero-order chi connectivity index (χ0) is 15.2. The number of nitrogens with one attached hydrogen (secondary N) is 1. The molecule has 106 valence electrons. The Labute approximate surface area is 122 Å². The summed E-state index contributed by atoms with van der Waals surface area (Å²) in [5, 5.41) is 13.6. The third kappa shape index (κ3) is 4.01. The first-order valence-corrected chi connectivity index (χ1v) is 6.25. The summed E-state index contributed by atoms with van der Waals surface area (Å²) in [6, 6.07) is 9.41. The molecule has 1 heterocycles. The molecule has 5 nitrogen and oxygen atoms in total. The van der Waals surface area contributed by atoms with Gasteiger partial charge in [-0.25, -0.2) is 0 Å². The van der Waals surface area contributed by atoms with Gasteiger partial charge in [-0.15, -0.1) is 0 Å². The highest BCUT2D eigenvalue weighted by Crippen LogP contribution is 2.14. The second-order valence-electron chi connectivity index (χ2n) is 4.44. The first kappa shape index (κ1) is 14.5. The van der Waals surface area contributed by atoms with Crippen LogP contribution in [-0.4, -0.2) is 16.7 Å². The zero-order valence-electron chi connectivity index (χ0n) is 11.2. The number of anilines is 1. The molecule has 2 rings (SSSR count). The number of allylic oxidation sites excluding steroid dienone is 1. The van der Waals surface area contributed by atoms with Crippen LogP contribution < -0.4 is 10.4 Å². The Bertz CT molecular complexity index is 664. The van der Waals surface area contributed by atoms with Crippen LogP contribution in [0.2, 0.25) is 0 Å². The second kappa shape index (κ2) is 6.47. The van der Waals surface area contributed by atoms with Crippen LogP contribution in [-0.2, 0) is 0 Å². The average molecular weight is 281 g/mol. The number of pyridine rings is 1. The zero-order valence-corrected chi connectivity index (χ0v) is 11.2. The molecular weight excluding hydrogens is 268 g/mol. The molecule has 1 aromatic carbocycles. The van der Waals surface area contributed by atoms with Crippen molar-refractivity contribution < 1.29 is 14.7 Å². The lowest BCUT2D eigenvalue weighted by atomic mass is 10.1. The fourth-order valence-electron chi connectivity index (χ4n) is 1.76. The predicted octanol–water partition coefficient (Wildman–Crippen LogP) is 1.64. The van der Waals surface area contributed by atoms with E-state index in [0.717, 1.165) is 0 Å². The van der Waals surface area contributed by atoms with Gasteiger partial charge in [0.2, 0.25) is 0 Å². The summed E-state index contributed by atoms with van der Waals surface area (Å²) in [5.41, 5.74) is 1.79. The molecular formula is C16H13N2O3-. The molecule has 1 aromatic heterocycles. The molecule has 0 radical (unpaired) electrons. The fourth-order valence-corrected chi connectivity index (χ4v) is 1.76. The normalized spacial score (nSPS) is 9.90. The van der Waals surface area contributed by atoms with Crippen LogP contribution in [0.5, 0.6) is 0 Å². The monoisotopic (exact) mass is 281 g/mol. The first-order valence-electron chi connectivity index (χ1n) is 6.25. The van der Waals surface area contributed by atoms with Crippen molar-refractivity contribution in [1.29, 1.82) is 0 Å². The van der Waals surface area contributed by atoms with Gasteiger partial charge in [-0.1, -0.05) is 18.7 Å². The molecule has 0 spiro atoms. The van der Waals surface area contributed by atoms with E-state index < -0.39 is 5.97 Å². The lowest BCUT2D eigenvalue weighted by molar-refractivity contribution is -0.255. The number of benzene rings is 1. The maximum Gasteiger partial charge on any atom is 0.170 e. The van der Waals surface area contributed by atoms with Gasteiger partial charge in [-0.2, -0.15) is 0 Å². The van der Waals surface area contributed by atoms with Crippen LogP contribution in [0.1, 0.15) is 27.1 Å². The van der Waals surface area contributed by atoms with Gasteiger partial charge in [0.25, 0.3) is 0 Å². The predicted molar refractivity (Wildman–Crippen MR) is 76.7 cm³/mol. The Hall–Kier alpha value is -2.95. The molecule has 0 amide bonds. The SMILES string of the molecule is C=C(CC(=O)c1cccnc1)Nc1ccc(C(=O)[O-])cc1. The van der Waals surface area contributed by atoms with Crippen LogP contribution in [0.4, 0.5) is 5.69 Å². The van der Waals surface area contributed by atoms with Crippen LogP contribution in [0, 0.1) is 0 Å². The molecule has 0 aliphatic heterocycles. The van der Waals surface area contributed by atoms with Gasteiger partial charge in [-0.05, 0) is 29.8 Å². The molecule has 0 atom stereocenters. The maximum absolute atomic E-state index is 12.0. The fraction of sp³-hybridized carbons (Fsp3) is 0.0625. The lowest BCUT2D eigenvalue weighted by Gasteiger charge is -2.10. The minimum Gasteiger partial charge on any atom is -0.545 e. The molecule has 0 fully saturated rings. The van der Waals surface area contributed by atoms with Crippen LogP contribution in [0.3, 0.4) is 0 Å². The van der Waals surface area contributed by atoms with E-state index in [-0.39, 0.29) is 17.8 Å². The first-order chi connectivity index (χ1) is 10.1. The molecule has 2 aromatic rings. The van der Waals surface area contributed by atoms with E-state index >= 15 is 0 Å². The minimum absolute atomic E-state index is 0.0908. The van der Waals surface area contributed by atoms with Crippen molar-refractivity contribution in [3.63, 3.8) is 0 Å². The number of carbonyl (C=O) groups excluding carboxylic acids is 2. The van der Waals surface area contributed by atoms with Gasteiger partial charge in [-0.3, -0.25) is 9.78 Å². The highest BCUT2D eigenvalue weighted by Gasteiger charge is 2.08. The number of Topliss-reactive ketones (excluding diaryl/α,β-unsaturated/α-hetero) is 1. The quantitative estimate of drug-likeness (QED) is 0.814. The lowest BCUT2D eigenvalue weighted by Crippen LogP contribution is -2.21. The summed E-state index contributed by atoms with van der Waals surface area (Å²) in [6.07, 6.45) is 3.24. The van der Waals surface area contributed by atoms with Crippen molar-refractivity contribution in [1.82, 2.24) is 4.98 Å². The van der Waals surface area contributed by atoms with E-state index in [1.165, 1.54) is 18.3 Å². The number of hydrogen-bond donors (Lipinski definition) is 1. The molecule has 0 aliphatic carbocycles. The largest absolute Gasteiger partial charge is 0.545 e. The summed E-state index contributed by atoms with van der Waals surface area (Å²) < 4.78 is 0. The van der Waals surface area contributed by atoms with Gasteiger partial charge >= 0.3 is 0 Å². The van der Waals surface area contributed by atoms with Crippen LogP contribution in [0.15, 0.2) is 61.1 Å². The molecule has 0 unspecified atom stereocenters. The molecule has 0 saturated carbocycles. The van der Waals surface area contributed by atoms with Gasteiger partial charge in [0.15, 0.2) is 5.78 Å². The number of hydrogen-bond acceptors (Lipinski definition) is 5. The molecule has 21 heavy (non-hydrogen) atoms. The second-order valence-corrected chi connectivity index (χ2v) is 4.44. The Kier molecular flexibility index (Phi) is 4.46. The van der Waals surface area contributed by atoms with E-state index in [1.807, 2.05) is 0 Å². The van der Waals surface area contributed by atoms with Crippen molar-refractivity contribution in [2.75, 3.05) is 5.32 Å². The van der Waals surface area contributed by atoms with Gasteiger partial charge in [0.05, 0.1) is 12.4 Å². The van der Waals surface area contributed by atoms with Crippen molar-refractivity contribution >= 4 is 17.4 Å². The number of carboxylic acids is 1. The average Bonchev–Trinajstić information content (AvgIpc) is 2.48. The van der Waals surface area contributed by atoms with Crippen LogP contribution >= 0.6 is 0 Å². The number of aromatic carboxylic acids is 1. The Morgan fingerprint density at radius 3 is 2.43 bits per heavy atom. The van der Waals surface area contributed by atoms with E-state index in [9.17, 15) is 14.7 Å². The molecule has 1 N–H and O–H groups in total. The van der Waals surface area contributed by atoms with Crippen molar-refractivity contribution in [3.8, 4) is 0 Å². The standard InChI is InChI=1S/C16H14N2O3/c1-11(9-15(19)13-3-2-8-17-10-13)18-14-6-4-12(5-7-14)16(20)21/h2-8,10,18H,1,9H2,(H,20,21)/p-1.